The molecule has 2 rings (SSSR count). The minimum Gasteiger partial charge on any atom is -0.493 e. The van der Waals surface area contributed by atoms with Crippen LogP contribution in [-0.2, 0) is 0 Å². The van der Waals surface area contributed by atoms with Crippen LogP contribution in [0.4, 0.5) is 5.69 Å². The van der Waals surface area contributed by atoms with Crippen molar-refractivity contribution in [3.63, 3.8) is 0 Å². The average Bonchev–Trinajstić information content (AvgIpc) is 2.55. The van der Waals surface area contributed by atoms with Gasteiger partial charge in [-0.25, -0.2) is 0 Å². The highest BCUT2D eigenvalue weighted by molar-refractivity contribution is 7.80. The molecule has 0 aliphatic heterocycles. The molecule has 1 aromatic carbocycles. The van der Waals surface area contributed by atoms with E-state index < -0.39 is 0 Å². The summed E-state index contributed by atoms with van der Waals surface area (Å²) >= 11 is 5.34. The summed E-state index contributed by atoms with van der Waals surface area (Å²) in [6.45, 7) is 2.04. The van der Waals surface area contributed by atoms with E-state index >= 15 is 0 Å². The number of rotatable bonds is 5. The van der Waals surface area contributed by atoms with Gasteiger partial charge in [0.05, 0.1) is 20.3 Å². The quantitative estimate of drug-likeness (QED) is 0.826. The summed E-state index contributed by atoms with van der Waals surface area (Å²) in [7, 11) is 3.21. The van der Waals surface area contributed by atoms with Gasteiger partial charge in [-0.2, -0.15) is 0 Å². The fourth-order valence-electron chi connectivity index (χ4n) is 2.01. The van der Waals surface area contributed by atoms with Crippen LogP contribution in [0.15, 0.2) is 42.7 Å². The Labute approximate surface area is 135 Å². The number of benzene rings is 1. The SMILES string of the molecule is COc1ccc(NC(=S)N[C@H](C)c2ccncc2)cc1OC. The third kappa shape index (κ3) is 4.08. The number of hydrogen-bond donors (Lipinski definition) is 2. The molecule has 5 nitrogen and oxygen atoms in total. The van der Waals surface area contributed by atoms with Gasteiger partial charge in [-0.15, -0.1) is 0 Å². The minimum absolute atomic E-state index is 0.0862. The van der Waals surface area contributed by atoms with Crippen molar-refractivity contribution in [1.82, 2.24) is 10.3 Å². The lowest BCUT2D eigenvalue weighted by atomic mass is 10.1. The van der Waals surface area contributed by atoms with E-state index in [0.717, 1.165) is 11.3 Å². The highest BCUT2D eigenvalue weighted by Gasteiger charge is 2.08. The maximum Gasteiger partial charge on any atom is 0.171 e. The molecule has 0 spiro atoms. The number of methoxy groups -OCH3 is 2. The van der Waals surface area contributed by atoms with Gasteiger partial charge in [0.2, 0.25) is 0 Å². The molecule has 22 heavy (non-hydrogen) atoms. The Morgan fingerprint density at radius 1 is 1.09 bits per heavy atom. The second kappa shape index (κ2) is 7.61. The number of aromatic nitrogens is 1. The highest BCUT2D eigenvalue weighted by Crippen LogP contribution is 2.29. The highest BCUT2D eigenvalue weighted by atomic mass is 32.1. The average molecular weight is 317 g/mol. The van der Waals surface area contributed by atoms with E-state index in [9.17, 15) is 0 Å². The van der Waals surface area contributed by atoms with Crippen molar-refractivity contribution in [2.45, 2.75) is 13.0 Å². The van der Waals surface area contributed by atoms with Crippen LogP contribution >= 0.6 is 12.2 Å². The number of thiocarbonyl (C=S) groups is 1. The van der Waals surface area contributed by atoms with E-state index in [1.807, 2.05) is 37.3 Å². The Balaban J connectivity index is 2.00. The normalized spacial score (nSPS) is 11.4. The van der Waals surface area contributed by atoms with Crippen molar-refractivity contribution >= 4 is 23.0 Å². The first-order valence-corrected chi connectivity index (χ1v) is 7.24. The van der Waals surface area contributed by atoms with Crippen molar-refractivity contribution in [2.24, 2.45) is 0 Å². The van der Waals surface area contributed by atoms with Gasteiger partial charge in [0.15, 0.2) is 16.6 Å². The van der Waals surface area contributed by atoms with E-state index in [2.05, 4.69) is 15.6 Å². The number of hydrogen-bond acceptors (Lipinski definition) is 4. The smallest absolute Gasteiger partial charge is 0.171 e. The number of nitrogens with one attached hydrogen (secondary N) is 2. The molecule has 0 unspecified atom stereocenters. The number of pyridine rings is 1. The van der Waals surface area contributed by atoms with Crippen molar-refractivity contribution in [3.05, 3.63) is 48.3 Å². The van der Waals surface area contributed by atoms with Crippen LogP contribution in [0.2, 0.25) is 0 Å². The molecule has 0 aliphatic rings. The van der Waals surface area contributed by atoms with Crippen LogP contribution in [-0.4, -0.2) is 24.3 Å². The summed E-state index contributed by atoms with van der Waals surface area (Å²) in [5, 5.41) is 6.91. The lowest BCUT2D eigenvalue weighted by Gasteiger charge is -2.18. The molecule has 2 N–H and O–H groups in total. The van der Waals surface area contributed by atoms with E-state index in [1.165, 1.54) is 0 Å². The van der Waals surface area contributed by atoms with Gasteiger partial charge in [-0.1, -0.05) is 0 Å². The van der Waals surface area contributed by atoms with Gasteiger partial charge in [0.1, 0.15) is 0 Å². The van der Waals surface area contributed by atoms with Crippen LogP contribution in [0.1, 0.15) is 18.5 Å². The molecular formula is C16H19N3O2S. The van der Waals surface area contributed by atoms with Gasteiger partial charge in [0.25, 0.3) is 0 Å². The zero-order valence-corrected chi connectivity index (χ0v) is 13.6. The molecule has 116 valence electrons. The van der Waals surface area contributed by atoms with Gasteiger partial charge in [-0.05, 0) is 49.0 Å². The molecule has 0 saturated carbocycles. The fourth-order valence-corrected chi connectivity index (χ4v) is 2.31. The van der Waals surface area contributed by atoms with Crippen molar-refractivity contribution in [2.75, 3.05) is 19.5 Å². The Morgan fingerprint density at radius 2 is 1.77 bits per heavy atom. The predicted octanol–water partition coefficient (Wildman–Crippen LogP) is 3.15. The molecule has 1 aromatic heterocycles. The first-order valence-electron chi connectivity index (χ1n) is 6.83. The van der Waals surface area contributed by atoms with Crippen LogP contribution < -0.4 is 20.1 Å². The first kappa shape index (κ1) is 16.0. The maximum absolute atomic E-state index is 5.34. The topological polar surface area (TPSA) is 55.4 Å². The Hall–Kier alpha value is -2.34. The summed E-state index contributed by atoms with van der Waals surface area (Å²) in [6.07, 6.45) is 3.52. The van der Waals surface area contributed by atoms with Gasteiger partial charge >= 0.3 is 0 Å². The largest absolute Gasteiger partial charge is 0.493 e. The molecule has 0 saturated heterocycles. The molecule has 0 fully saturated rings. The third-order valence-corrected chi connectivity index (χ3v) is 3.42. The summed E-state index contributed by atoms with van der Waals surface area (Å²) in [4.78, 5) is 4.01. The Morgan fingerprint density at radius 3 is 2.41 bits per heavy atom. The molecule has 6 heteroatoms. The number of ether oxygens (including phenoxy) is 2. The molecule has 0 aliphatic carbocycles. The Bertz CT molecular complexity index is 635. The van der Waals surface area contributed by atoms with Crippen molar-refractivity contribution < 1.29 is 9.47 Å². The first-order chi connectivity index (χ1) is 10.6. The molecule has 1 atom stereocenters. The van der Waals surface area contributed by atoms with Crippen LogP contribution in [0.5, 0.6) is 11.5 Å². The predicted molar refractivity (Wildman–Crippen MR) is 91.6 cm³/mol. The van der Waals surface area contributed by atoms with Gasteiger partial charge in [-0.3, -0.25) is 4.98 Å². The van der Waals surface area contributed by atoms with Crippen LogP contribution in [0.3, 0.4) is 0 Å². The fraction of sp³-hybridized carbons (Fsp3) is 0.250. The molecule has 0 bridgehead atoms. The van der Waals surface area contributed by atoms with E-state index in [-0.39, 0.29) is 6.04 Å². The second-order valence-corrected chi connectivity index (χ2v) is 5.08. The minimum atomic E-state index is 0.0862. The van der Waals surface area contributed by atoms with Crippen LogP contribution in [0.25, 0.3) is 0 Å². The van der Waals surface area contributed by atoms with E-state index in [1.54, 1.807) is 26.6 Å². The summed E-state index contributed by atoms with van der Waals surface area (Å²) in [5.74, 6) is 1.33. The molecular weight excluding hydrogens is 298 g/mol. The molecule has 1 heterocycles. The van der Waals surface area contributed by atoms with Crippen molar-refractivity contribution in [1.29, 1.82) is 0 Å². The number of nitrogens with zero attached hydrogens (tertiary/aromatic N) is 1. The molecule has 0 amide bonds. The molecule has 0 radical (unpaired) electrons. The summed E-state index contributed by atoms with van der Waals surface area (Å²) < 4.78 is 10.5. The zero-order valence-electron chi connectivity index (χ0n) is 12.8. The monoisotopic (exact) mass is 317 g/mol. The lowest BCUT2D eigenvalue weighted by Crippen LogP contribution is -2.30. The Kier molecular flexibility index (Phi) is 5.55. The third-order valence-electron chi connectivity index (χ3n) is 3.20. The summed E-state index contributed by atoms with van der Waals surface area (Å²) in [5.41, 5.74) is 1.95. The van der Waals surface area contributed by atoms with Gasteiger partial charge in [0, 0.05) is 24.1 Å². The zero-order chi connectivity index (χ0) is 15.9. The van der Waals surface area contributed by atoms with E-state index in [0.29, 0.717) is 16.6 Å². The summed E-state index contributed by atoms with van der Waals surface area (Å²) in [6, 6.07) is 9.54. The second-order valence-electron chi connectivity index (χ2n) is 4.67. The number of anilines is 1. The molecule has 2 aromatic rings. The van der Waals surface area contributed by atoms with Crippen molar-refractivity contribution in [3.8, 4) is 11.5 Å². The van der Waals surface area contributed by atoms with E-state index in [4.69, 9.17) is 21.7 Å². The van der Waals surface area contributed by atoms with Gasteiger partial charge < -0.3 is 20.1 Å². The van der Waals surface area contributed by atoms with Crippen LogP contribution in [0, 0.1) is 0 Å². The standard InChI is InChI=1S/C16H19N3O2S/c1-11(12-6-8-17-9-7-12)18-16(22)19-13-4-5-14(20-2)15(10-13)21-3/h4-11H,1-3H3,(H2,18,19,22)/t11-/m1/s1. The maximum atomic E-state index is 5.34. The lowest BCUT2D eigenvalue weighted by molar-refractivity contribution is 0.355.